The maximum atomic E-state index is 11.0. The van der Waals surface area contributed by atoms with E-state index >= 15 is 0 Å². The highest BCUT2D eigenvalue weighted by Crippen LogP contribution is 2.15. The molecule has 0 bridgehead atoms. The van der Waals surface area contributed by atoms with Gasteiger partial charge < -0.3 is 0 Å². The minimum absolute atomic E-state index is 0.474. The van der Waals surface area contributed by atoms with Gasteiger partial charge in [-0.15, -0.1) is 0 Å². The normalized spacial score (nSPS) is 9.58. The molecule has 3 nitrogen and oxygen atoms in total. The van der Waals surface area contributed by atoms with E-state index in [1.807, 2.05) is 34.7 Å². The zero-order chi connectivity index (χ0) is 9.14. The van der Waals surface area contributed by atoms with Crippen LogP contribution in [0.25, 0.3) is 0 Å². The van der Waals surface area contributed by atoms with Crippen molar-refractivity contribution in [1.82, 2.24) is 5.48 Å². The van der Waals surface area contributed by atoms with Crippen molar-refractivity contribution in [3.05, 3.63) is 30.9 Å². The van der Waals surface area contributed by atoms with E-state index in [4.69, 9.17) is 5.21 Å². The van der Waals surface area contributed by atoms with Crippen LogP contribution in [-0.2, 0) is 0 Å². The summed E-state index contributed by atoms with van der Waals surface area (Å²) >= 11 is 4.15. The monoisotopic (exact) mass is 389 g/mol. The van der Waals surface area contributed by atoms with Gasteiger partial charge in [0.25, 0.3) is 5.91 Å². The highest BCUT2D eigenvalue weighted by Gasteiger charge is 2.08. The number of amides is 1. The molecule has 1 amide bonds. The van der Waals surface area contributed by atoms with E-state index < -0.39 is 5.91 Å². The zero-order valence-electron chi connectivity index (χ0n) is 5.84. The minimum Gasteiger partial charge on any atom is -0.288 e. The fourth-order valence-corrected chi connectivity index (χ4v) is 1.80. The van der Waals surface area contributed by atoms with Crippen LogP contribution in [0.3, 0.4) is 0 Å². The number of hydroxylamine groups is 1. The van der Waals surface area contributed by atoms with Gasteiger partial charge in [-0.3, -0.25) is 10.0 Å². The standard InChI is InChI=1S/C7H5I2NO2/c8-4-1-2-6(9)5(3-4)7(11)10-12/h1-3,12H,(H,10,11). The molecular formula is C7H5I2NO2. The van der Waals surface area contributed by atoms with E-state index in [1.165, 1.54) is 0 Å². The molecular weight excluding hydrogens is 384 g/mol. The van der Waals surface area contributed by atoms with Gasteiger partial charge in [0.1, 0.15) is 0 Å². The Bertz CT molecular complexity index is 314. The summed E-state index contributed by atoms with van der Waals surface area (Å²) in [7, 11) is 0. The number of halogens is 2. The lowest BCUT2D eigenvalue weighted by Gasteiger charge is -2.01. The topological polar surface area (TPSA) is 49.3 Å². The quantitative estimate of drug-likeness (QED) is 0.439. The maximum absolute atomic E-state index is 11.0. The summed E-state index contributed by atoms with van der Waals surface area (Å²) in [6, 6.07) is 5.44. The van der Waals surface area contributed by atoms with Gasteiger partial charge >= 0.3 is 0 Å². The van der Waals surface area contributed by atoms with E-state index in [-0.39, 0.29) is 0 Å². The van der Waals surface area contributed by atoms with Crippen molar-refractivity contribution in [3.8, 4) is 0 Å². The largest absolute Gasteiger partial charge is 0.288 e. The number of hydrogen-bond acceptors (Lipinski definition) is 2. The second-order valence-electron chi connectivity index (χ2n) is 2.07. The second kappa shape index (κ2) is 4.38. The fourth-order valence-electron chi connectivity index (χ4n) is 0.732. The first-order valence-electron chi connectivity index (χ1n) is 3.04. The number of nitrogens with one attached hydrogen (secondary N) is 1. The molecule has 0 spiro atoms. The Morgan fingerprint density at radius 3 is 2.67 bits per heavy atom. The van der Waals surface area contributed by atoms with Crippen LogP contribution >= 0.6 is 45.2 Å². The Morgan fingerprint density at radius 2 is 2.08 bits per heavy atom. The van der Waals surface area contributed by atoms with Crippen LogP contribution in [0, 0.1) is 7.14 Å². The highest BCUT2D eigenvalue weighted by atomic mass is 127. The van der Waals surface area contributed by atoms with E-state index in [1.54, 1.807) is 11.5 Å². The van der Waals surface area contributed by atoms with Crippen LogP contribution in [-0.4, -0.2) is 11.1 Å². The molecule has 0 radical (unpaired) electrons. The fraction of sp³-hybridized carbons (Fsp3) is 0. The van der Waals surface area contributed by atoms with E-state index in [0.29, 0.717) is 5.56 Å². The number of carbonyl (C=O) groups is 1. The number of benzene rings is 1. The Morgan fingerprint density at radius 1 is 1.42 bits per heavy atom. The van der Waals surface area contributed by atoms with Gasteiger partial charge in [0.05, 0.1) is 5.56 Å². The van der Waals surface area contributed by atoms with Crippen LogP contribution in [0.1, 0.15) is 10.4 Å². The van der Waals surface area contributed by atoms with Crippen molar-refractivity contribution in [2.45, 2.75) is 0 Å². The maximum Gasteiger partial charge on any atom is 0.275 e. The smallest absolute Gasteiger partial charge is 0.275 e. The van der Waals surface area contributed by atoms with Crippen molar-refractivity contribution in [1.29, 1.82) is 0 Å². The third-order valence-electron chi connectivity index (χ3n) is 1.27. The van der Waals surface area contributed by atoms with Gasteiger partial charge in [-0.25, -0.2) is 5.48 Å². The third kappa shape index (κ3) is 2.30. The predicted molar refractivity (Wildman–Crippen MR) is 61.1 cm³/mol. The van der Waals surface area contributed by atoms with Crippen molar-refractivity contribution < 1.29 is 10.0 Å². The molecule has 0 aliphatic carbocycles. The van der Waals surface area contributed by atoms with Gasteiger partial charge in [0, 0.05) is 7.14 Å². The lowest BCUT2D eigenvalue weighted by atomic mass is 10.2. The van der Waals surface area contributed by atoms with Crippen LogP contribution in [0.2, 0.25) is 0 Å². The van der Waals surface area contributed by atoms with Crippen molar-refractivity contribution in [3.63, 3.8) is 0 Å². The molecule has 64 valence electrons. The molecule has 1 rings (SSSR count). The van der Waals surface area contributed by atoms with Crippen LogP contribution in [0.5, 0.6) is 0 Å². The summed E-state index contributed by atoms with van der Waals surface area (Å²) in [5.74, 6) is -0.474. The van der Waals surface area contributed by atoms with Crippen LogP contribution < -0.4 is 5.48 Å². The molecule has 0 heterocycles. The summed E-state index contributed by atoms with van der Waals surface area (Å²) in [5.41, 5.74) is 2.09. The lowest BCUT2D eigenvalue weighted by molar-refractivity contribution is 0.0705. The first-order chi connectivity index (χ1) is 5.65. The van der Waals surface area contributed by atoms with Gasteiger partial charge in [0.2, 0.25) is 0 Å². The molecule has 0 fully saturated rings. The van der Waals surface area contributed by atoms with E-state index in [0.717, 1.165) is 7.14 Å². The average Bonchev–Trinajstić information content (AvgIpc) is 2.08. The first kappa shape index (κ1) is 10.2. The molecule has 0 saturated carbocycles. The Kier molecular flexibility index (Phi) is 3.72. The Hall–Kier alpha value is 0.110. The van der Waals surface area contributed by atoms with Gasteiger partial charge in [0.15, 0.2) is 0 Å². The number of carbonyl (C=O) groups excluding carboxylic acids is 1. The van der Waals surface area contributed by atoms with Crippen molar-refractivity contribution in [2.24, 2.45) is 0 Å². The molecule has 1 aromatic carbocycles. The highest BCUT2D eigenvalue weighted by molar-refractivity contribution is 14.1. The molecule has 0 aromatic heterocycles. The molecule has 1 aromatic rings. The first-order valence-corrected chi connectivity index (χ1v) is 5.20. The summed E-state index contributed by atoms with van der Waals surface area (Å²) in [6.45, 7) is 0. The Labute approximate surface area is 96.8 Å². The summed E-state index contributed by atoms with van der Waals surface area (Å²) in [6.07, 6.45) is 0. The van der Waals surface area contributed by atoms with Gasteiger partial charge in [-0.2, -0.15) is 0 Å². The minimum atomic E-state index is -0.474. The number of rotatable bonds is 1. The summed E-state index contributed by atoms with van der Waals surface area (Å²) < 4.78 is 1.78. The van der Waals surface area contributed by atoms with Crippen LogP contribution in [0.4, 0.5) is 0 Å². The third-order valence-corrected chi connectivity index (χ3v) is 2.89. The Balaban J connectivity index is 3.13. The average molecular weight is 389 g/mol. The van der Waals surface area contributed by atoms with E-state index in [9.17, 15) is 4.79 Å². The lowest BCUT2D eigenvalue weighted by Crippen LogP contribution is -2.19. The number of hydrogen-bond donors (Lipinski definition) is 2. The molecule has 0 aliphatic rings. The van der Waals surface area contributed by atoms with Crippen molar-refractivity contribution >= 4 is 51.1 Å². The van der Waals surface area contributed by atoms with Crippen LogP contribution in [0.15, 0.2) is 18.2 Å². The molecule has 0 saturated heterocycles. The predicted octanol–water partition coefficient (Wildman–Crippen LogP) is 2.01. The zero-order valence-corrected chi connectivity index (χ0v) is 10.2. The SMILES string of the molecule is O=C(NO)c1cc(I)ccc1I. The molecule has 12 heavy (non-hydrogen) atoms. The van der Waals surface area contributed by atoms with Crippen molar-refractivity contribution in [2.75, 3.05) is 0 Å². The molecule has 0 unspecified atom stereocenters. The second-order valence-corrected chi connectivity index (χ2v) is 4.47. The summed E-state index contributed by atoms with van der Waals surface area (Å²) in [4.78, 5) is 11.0. The molecule has 0 atom stereocenters. The summed E-state index contributed by atoms with van der Waals surface area (Å²) in [5, 5.41) is 8.40. The molecule has 5 heteroatoms. The van der Waals surface area contributed by atoms with E-state index in [2.05, 4.69) is 22.6 Å². The molecule has 0 aliphatic heterocycles. The van der Waals surface area contributed by atoms with Gasteiger partial charge in [-0.1, -0.05) is 0 Å². The van der Waals surface area contributed by atoms with Gasteiger partial charge in [-0.05, 0) is 63.4 Å². The molecule has 2 N–H and O–H groups in total.